The topological polar surface area (TPSA) is 0 Å². The average molecular weight is 163 g/mol. The summed E-state index contributed by atoms with van der Waals surface area (Å²) in [4.78, 5) is 0. The number of hydrogen-bond donors (Lipinski definition) is 0. The van der Waals surface area contributed by atoms with E-state index < -0.39 is 0 Å². The monoisotopic (exact) mass is 162 g/mol. The van der Waals surface area contributed by atoms with Crippen LogP contribution in [0.5, 0.6) is 0 Å². The molecule has 0 atom stereocenters. The Labute approximate surface area is 65.6 Å². The molecule has 50 valence electrons. The Balaban J connectivity index is 0.000000640. The van der Waals surface area contributed by atoms with Crippen LogP contribution in [0.2, 0.25) is 0 Å². The van der Waals surface area contributed by atoms with E-state index in [9.17, 15) is 0 Å². The van der Waals surface area contributed by atoms with Crippen LogP contribution in [-0.4, -0.2) is 0 Å². The standard InChI is InChI=1S/C8H8.Ni/c1-2-4-6-8-7-5-3-1;/h1-8H;/b2-1-,3-1?,4-2?,5-3-,6-4-,7-5?,8-6?,8-7-;. The smallest absolute Gasteiger partial charge is 0 e. The first-order valence-electron chi connectivity index (χ1n) is 2.67. The van der Waals surface area contributed by atoms with E-state index in [1.807, 2.05) is 48.6 Å². The summed E-state index contributed by atoms with van der Waals surface area (Å²) < 4.78 is 0. The van der Waals surface area contributed by atoms with Crippen molar-refractivity contribution in [1.82, 2.24) is 0 Å². The van der Waals surface area contributed by atoms with Crippen molar-refractivity contribution in [1.29, 1.82) is 0 Å². The van der Waals surface area contributed by atoms with Gasteiger partial charge in [-0.3, -0.25) is 0 Å². The third-order valence-electron chi connectivity index (χ3n) is 0.889. The van der Waals surface area contributed by atoms with Crippen LogP contribution in [0.1, 0.15) is 0 Å². The summed E-state index contributed by atoms with van der Waals surface area (Å²) in [5, 5.41) is 0. The molecule has 0 unspecified atom stereocenters. The molecular weight excluding hydrogens is 155 g/mol. The van der Waals surface area contributed by atoms with E-state index in [1.165, 1.54) is 0 Å². The largest absolute Gasteiger partial charge is 0.0623 e. The summed E-state index contributed by atoms with van der Waals surface area (Å²) in [6.45, 7) is 0. The predicted molar refractivity (Wildman–Crippen MR) is 36.6 cm³/mol. The first-order chi connectivity index (χ1) is 4.00. The van der Waals surface area contributed by atoms with Crippen molar-refractivity contribution in [3.63, 3.8) is 0 Å². The first-order valence-corrected chi connectivity index (χ1v) is 2.67. The van der Waals surface area contributed by atoms with Gasteiger partial charge >= 0.3 is 0 Å². The second-order valence-corrected chi connectivity index (χ2v) is 1.54. The Morgan fingerprint density at radius 3 is 0.556 bits per heavy atom. The Morgan fingerprint density at radius 1 is 0.333 bits per heavy atom. The zero-order valence-corrected chi connectivity index (χ0v) is 5.92. The molecule has 9 heavy (non-hydrogen) atoms. The molecule has 0 spiro atoms. The minimum Gasteiger partial charge on any atom is -0.0623 e. The van der Waals surface area contributed by atoms with Crippen molar-refractivity contribution in [2.45, 2.75) is 0 Å². The molecule has 1 aliphatic rings. The molecule has 0 saturated carbocycles. The second kappa shape index (κ2) is 5.59. The molecule has 0 aromatic rings. The SMILES string of the molecule is C1=C\C=C/C=C\C=C/1.[Ni]. The molecular formula is C8H8Ni. The fourth-order valence-electron chi connectivity index (χ4n) is 0.513. The summed E-state index contributed by atoms with van der Waals surface area (Å²) >= 11 is 0. The van der Waals surface area contributed by atoms with Crippen LogP contribution in [0, 0.1) is 0 Å². The Kier molecular flexibility index (Phi) is 5.25. The fraction of sp³-hybridized carbons (Fsp3) is 0. The maximum Gasteiger partial charge on any atom is 0 e. The van der Waals surface area contributed by atoms with E-state index in [4.69, 9.17) is 0 Å². The molecule has 0 heterocycles. The summed E-state index contributed by atoms with van der Waals surface area (Å²) in [5.74, 6) is 0. The van der Waals surface area contributed by atoms with Crippen molar-refractivity contribution in [3.8, 4) is 0 Å². The zero-order valence-electron chi connectivity index (χ0n) is 4.94. The van der Waals surface area contributed by atoms with E-state index in [-0.39, 0.29) is 16.5 Å². The molecule has 1 heteroatoms. The molecule has 0 fully saturated rings. The van der Waals surface area contributed by atoms with Gasteiger partial charge in [0.05, 0.1) is 0 Å². The van der Waals surface area contributed by atoms with Gasteiger partial charge in [0.15, 0.2) is 0 Å². The van der Waals surface area contributed by atoms with Gasteiger partial charge in [-0.25, -0.2) is 0 Å². The third-order valence-corrected chi connectivity index (χ3v) is 0.889. The maximum atomic E-state index is 2.00. The second-order valence-electron chi connectivity index (χ2n) is 1.54. The molecule has 0 amide bonds. The summed E-state index contributed by atoms with van der Waals surface area (Å²) in [6, 6.07) is 0. The van der Waals surface area contributed by atoms with Gasteiger partial charge in [-0.15, -0.1) is 0 Å². The summed E-state index contributed by atoms with van der Waals surface area (Å²) in [6.07, 6.45) is 16.0. The average Bonchev–Trinajstić information content (AvgIpc) is 1.62. The predicted octanol–water partition coefficient (Wildman–Crippen LogP) is 2.22. The zero-order chi connectivity index (χ0) is 5.66. The Morgan fingerprint density at radius 2 is 0.444 bits per heavy atom. The first kappa shape index (κ1) is 8.45. The minimum absolute atomic E-state index is 0. The van der Waals surface area contributed by atoms with Crippen LogP contribution in [0.25, 0.3) is 0 Å². The van der Waals surface area contributed by atoms with Gasteiger partial charge in [-0.05, 0) is 0 Å². The van der Waals surface area contributed by atoms with E-state index in [0.29, 0.717) is 0 Å². The molecule has 0 aliphatic heterocycles. The van der Waals surface area contributed by atoms with Crippen LogP contribution in [0.15, 0.2) is 48.6 Å². The quantitative estimate of drug-likeness (QED) is 0.480. The number of hydrogen-bond acceptors (Lipinski definition) is 0. The normalized spacial score (nSPS) is 28.4. The maximum absolute atomic E-state index is 2.00. The molecule has 0 N–H and O–H groups in total. The van der Waals surface area contributed by atoms with Crippen molar-refractivity contribution >= 4 is 0 Å². The Bertz CT molecular complexity index is 105. The van der Waals surface area contributed by atoms with Gasteiger partial charge in [0.25, 0.3) is 0 Å². The van der Waals surface area contributed by atoms with Gasteiger partial charge in [-0.2, -0.15) is 0 Å². The van der Waals surface area contributed by atoms with Gasteiger partial charge < -0.3 is 0 Å². The van der Waals surface area contributed by atoms with Crippen molar-refractivity contribution in [2.75, 3.05) is 0 Å². The van der Waals surface area contributed by atoms with E-state index >= 15 is 0 Å². The van der Waals surface area contributed by atoms with Crippen LogP contribution >= 0.6 is 0 Å². The van der Waals surface area contributed by atoms with Crippen molar-refractivity contribution < 1.29 is 16.5 Å². The molecule has 0 nitrogen and oxygen atoms in total. The molecule has 0 radical (unpaired) electrons. The van der Waals surface area contributed by atoms with Crippen LogP contribution in [0.4, 0.5) is 0 Å². The van der Waals surface area contributed by atoms with Crippen molar-refractivity contribution in [2.24, 2.45) is 0 Å². The minimum atomic E-state index is 0. The molecule has 1 aliphatic carbocycles. The summed E-state index contributed by atoms with van der Waals surface area (Å²) in [5.41, 5.74) is 0. The van der Waals surface area contributed by atoms with Gasteiger partial charge in [-0.1, -0.05) is 48.6 Å². The number of rotatable bonds is 0. The van der Waals surface area contributed by atoms with E-state index in [0.717, 1.165) is 0 Å². The van der Waals surface area contributed by atoms with Gasteiger partial charge in [0.2, 0.25) is 0 Å². The van der Waals surface area contributed by atoms with Crippen LogP contribution < -0.4 is 0 Å². The van der Waals surface area contributed by atoms with Crippen LogP contribution in [0.3, 0.4) is 0 Å². The third kappa shape index (κ3) is 3.99. The van der Waals surface area contributed by atoms with Crippen molar-refractivity contribution in [3.05, 3.63) is 48.6 Å². The fourth-order valence-corrected chi connectivity index (χ4v) is 0.513. The molecule has 0 saturated heterocycles. The van der Waals surface area contributed by atoms with Gasteiger partial charge in [0.1, 0.15) is 0 Å². The molecule has 0 bridgehead atoms. The Hall–Kier alpha value is -0.546. The number of allylic oxidation sites excluding steroid dienone is 8. The van der Waals surface area contributed by atoms with E-state index in [2.05, 4.69) is 0 Å². The van der Waals surface area contributed by atoms with Crippen LogP contribution in [-0.2, 0) is 16.5 Å². The molecule has 0 aromatic heterocycles. The molecule has 0 aromatic carbocycles. The molecule has 1 rings (SSSR count). The van der Waals surface area contributed by atoms with E-state index in [1.54, 1.807) is 0 Å². The summed E-state index contributed by atoms with van der Waals surface area (Å²) in [7, 11) is 0. The van der Waals surface area contributed by atoms with Gasteiger partial charge in [0, 0.05) is 16.5 Å².